The number of benzene rings is 2. The molecule has 0 aliphatic rings. The zero-order chi connectivity index (χ0) is 16.9. The average molecular weight is 330 g/mol. The zero-order valence-corrected chi connectivity index (χ0v) is 13.7. The van der Waals surface area contributed by atoms with Crippen molar-refractivity contribution in [1.82, 2.24) is 4.72 Å². The van der Waals surface area contributed by atoms with Crippen molar-refractivity contribution >= 4 is 27.7 Å². The Hall–Kier alpha value is -2.44. The molecule has 0 radical (unpaired) electrons. The fraction of sp³-hybridized carbons (Fsp3) is 0.118. The number of anilines is 1. The lowest BCUT2D eigenvalue weighted by Gasteiger charge is -2.05. The molecule has 2 rings (SSSR count). The second-order valence-corrected chi connectivity index (χ2v) is 6.80. The van der Waals surface area contributed by atoms with Crippen molar-refractivity contribution in [2.24, 2.45) is 0 Å². The van der Waals surface area contributed by atoms with E-state index in [1.165, 1.54) is 25.3 Å². The third-order valence-corrected chi connectivity index (χ3v) is 4.73. The van der Waals surface area contributed by atoms with Gasteiger partial charge in [-0.2, -0.15) is 0 Å². The summed E-state index contributed by atoms with van der Waals surface area (Å²) in [6, 6.07) is 13.7. The Bertz CT molecular complexity index is 825. The summed E-state index contributed by atoms with van der Waals surface area (Å²) in [5.74, 6) is -0.280. The molecule has 0 bridgehead atoms. The van der Waals surface area contributed by atoms with Crippen LogP contribution in [0.15, 0.2) is 59.5 Å². The number of aryl methyl sites for hydroxylation is 1. The van der Waals surface area contributed by atoms with E-state index in [-0.39, 0.29) is 10.8 Å². The minimum atomic E-state index is -3.47. The number of carbonyl (C=O) groups excluding carboxylic acids is 1. The van der Waals surface area contributed by atoms with E-state index in [1.807, 2.05) is 31.2 Å². The monoisotopic (exact) mass is 330 g/mol. The van der Waals surface area contributed by atoms with Crippen LogP contribution < -0.4 is 10.0 Å². The molecule has 0 aromatic heterocycles. The molecule has 2 aromatic rings. The molecule has 0 heterocycles. The smallest absolute Gasteiger partial charge is 0.248 e. The molecular formula is C17H18N2O3S. The van der Waals surface area contributed by atoms with Crippen molar-refractivity contribution in [3.63, 3.8) is 0 Å². The minimum Gasteiger partial charge on any atom is -0.323 e. The van der Waals surface area contributed by atoms with E-state index in [4.69, 9.17) is 0 Å². The van der Waals surface area contributed by atoms with Crippen LogP contribution in [0, 0.1) is 6.92 Å². The van der Waals surface area contributed by atoms with E-state index in [0.717, 1.165) is 11.1 Å². The molecule has 0 spiro atoms. The number of carbonyl (C=O) groups is 1. The molecule has 2 N–H and O–H groups in total. The van der Waals surface area contributed by atoms with Gasteiger partial charge in [0.25, 0.3) is 0 Å². The van der Waals surface area contributed by atoms with E-state index < -0.39 is 10.0 Å². The number of hydrogen-bond donors (Lipinski definition) is 2. The van der Waals surface area contributed by atoms with Crippen molar-refractivity contribution in [1.29, 1.82) is 0 Å². The van der Waals surface area contributed by atoms with Crippen LogP contribution in [0.3, 0.4) is 0 Å². The predicted molar refractivity (Wildman–Crippen MR) is 91.5 cm³/mol. The summed E-state index contributed by atoms with van der Waals surface area (Å²) in [6.07, 6.45) is 3.19. The summed E-state index contributed by atoms with van der Waals surface area (Å²) in [4.78, 5) is 12.1. The van der Waals surface area contributed by atoms with Crippen LogP contribution in [0.5, 0.6) is 0 Å². The third kappa shape index (κ3) is 4.51. The summed E-state index contributed by atoms with van der Waals surface area (Å²) in [7, 11) is -2.12. The van der Waals surface area contributed by atoms with Gasteiger partial charge in [0.15, 0.2) is 0 Å². The number of hydrogen-bond acceptors (Lipinski definition) is 3. The van der Waals surface area contributed by atoms with Crippen molar-refractivity contribution in [2.45, 2.75) is 11.8 Å². The second-order valence-electron chi connectivity index (χ2n) is 4.91. The molecule has 2 aromatic carbocycles. The number of rotatable bonds is 5. The summed E-state index contributed by atoms with van der Waals surface area (Å²) >= 11 is 0. The van der Waals surface area contributed by atoms with E-state index in [9.17, 15) is 13.2 Å². The predicted octanol–water partition coefficient (Wildman–Crippen LogP) is 2.56. The fourth-order valence-electron chi connectivity index (χ4n) is 1.96. The highest BCUT2D eigenvalue weighted by Crippen LogP contribution is 2.14. The lowest BCUT2D eigenvalue weighted by Crippen LogP contribution is -2.18. The number of sulfonamides is 1. The van der Waals surface area contributed by atoms with Gasteiger partial charge in [0.1, 0.15) is 0 Å². The van der Waals surface area contributed by atoms with E-state index >= 15 is 0 Å². The maximum absolute atomic E-state index is 11.9. The SMILES string of the molecule is CNS(=O)(=O)c1ccc(NC(=O)/C=C/c2ccccc2C)cc1. The van der Waals surface area contributed by atoms with Crippen molar-refractivity contribution < 1.29 is 13.2 Å². The van der Waals surface area contributed by atoms with Gasteiger partial charge >= 0.3 is 0 Å². The number of amides is 1. The molecule has 0 fully saturated rings. The molecule has 0 aliphatic heterocycles. The Morgan fingerprint density at radius 3 is 2.30 bits per heavy atom. The summed E-state index contributed by atoms with van der Waals surface area (Å²) in [5, 5.41) is 2.69. The molecule has 120 valence electrons. The molecule has 0 saturated carbocycles. The zero-order valence-electron chi connectivity index (χ0n) is 12.9. The number of nitrogens with one attached hydrogen (secondary N) is 2. The van der Waals surface area contributed by atoms with Crippen LogP contribution in [0.1, 0.15) is 11.1 Å². The van der Waals surface area contributed by atoms with Gasteiger partial charge in [0.2, 0.25) is 15.9 Å². The summed E-state index contributed by atoms with van der Waals surface area (Å²) in [5.41, 5.74) is 2.58. The molecule has 1 amide bonds. The molecule has 0 aliphatic carbocycles. The lowest BCUT2D eigenvalue weighted by molar-refractivity contribution is -0.111. The van der Waals surface area contributed by atoms with Crippen LogP contribution in [-0.2, 0) is 14.8 Å². The van der Waals surface area contributed by atoms with Gasteiger partial charge in [-0.25, -0.2) is 13.1 Å². The van der Waals surface area contributed by atoms with Gasteiger partial charge in [0.05, 0.1) is 4.90 Å². The first-order chi connectivity index (χ1) is 10.9. The van der Waals surface area contributed by atoms with Gasteiger partial charge in [-0.1, -0.05) is 24.3 Å². The Balaban J connectivity index is 2.05. The Kier molecular flexibility index (Phi) is 5.31. The quantitative estimate of drug-likeness (QED) is 0.827. The Morgan fingerprint density at radius 1 is 1.04 bits per heavy atom. The molecule has 0 saturated heterocycles. The fourth-order valence-corrected chi connectivity index (χ4v) is 2.69. The normalized spacial score (nSPS) is 11.6. The standard InChI is InChI=1S/C17H18N2O3S/c1-13-5-3-4-6-14(13)7-12-17(20)19-15-8-10-16(11-9-15)23(21,22)18-2/h3-12,18H,1-2H3,(H,19,20)/b12-7+. The molecular weight excluding hydrogens is 312 g/mol. The largest absolute Gasteiger partial charge is 0.323 e. The average Bonchev–Trinajstić information content (AvgIpc) is 2.54. The van der Waals surface area contributed by atoms with Crippen LogP contribution >= 0.6 is 0 Å². The highest BCUT2D eigenvalue weighted by atomic mass is 32.2. The van der Waals surface area contributed by atoms with Crippen LogP contribution in [0.25, 0.3) is 6.08 Å². The highest BCUT2D eigenvalue weighted by Gasteiger charge is 2.10. The Morgan fingerprint density at radius 2 is 1.70 bits per heavy atom. The van der Waals surface area contributed by atoms with Crippen molar-refractivity contribution in [3.8, 4) is 0 Å². The second kappa shape index (κ2) is 7.21. The first-order valence-electron chi connectivity index (χ1n) is 7.01. The first-order valence-corrected chi connectivity index (χ1v) is 8.49. The first kappa shape index (κ1) is 16.9. The molecule has 6 heteroatoms. The van der Waals surface area contributed by atoms with Crippen molar-refractivity contribution in [3.05, 3.63) is 65.7 Å². The van der Waals surface area contributed by atoms with Crippen LogP contribution in [0.2, 0.25) is 0 Å². The minimum absolute atomic E-state index is 0.147. The highest BCUT2D eigenvalue weighted by molar-refractivity contribution is 7.89. The maximum atomic E-state index is 11.9. The third-order valence-electron chi connectivity index (χ3n) is 3.30. The molecule has 5 nitrogen and oxygen atoms in total. The molecule has 23 heavy (non-hydrogen) atoms. The summed E-state index contributed by atoms with van der Waals surface area (Å²) < 4.78 is 25.5. The van der Waals surface area contributed by atoms with Gasteiger partial charge in [0, 0.05) is 11.8 Å². The summed E-state index contributed by atoms with van der Waals surface area (Å²) in [6.45, 7) is 1.97. The van der Waals surface area contributed by atoms with E-state index in [1.54, 1.807) is 18.2 Å². The van der Waals surface area contributed by atoms with E-state index in [2.05, 4.69) is 10.0 Å². The van der Waals surface area contributed by atoms with Crippen molar-refractivity contribution in [2.75, 3.05) is 12.4 Å². The van der Waals surface area contributed by atoms with Gasteiger partial charge < -0.3 is 5.32 Å². The Labute approximate surface area is 136 Å². The van der Waals surface area contributed by atoms with Gasteiger partial charge in [-0.3, -0.25) is 4.79 Å². The molecule has 0 atom stereocenters. The molecule has 0 unspecified atom stereocenters. The van der Waals surface area contributed by atoms with Gasteiger partial charge in [-0.15, -0.1) is 0 Å². The lowest BCUT2D eigenvalue weighted by atomic mass is 10.1. The van der Waals surface area contributed by atoms with Crippen LogP contribution in [-0.4, -0.2) is 21.4 Å². The topological polar surface area (TPSA) is 75.3 Å². The van der Waals surface area contributed by atoms with E-state index in [0.29, 0.717) is 5.69 Å². The van der Waals surface area contributed by atoms with Gasteiger partial charge in [-0.05, 0) is 55.4 Å². The van der Waals surface area contributed by atoms with Crippen LogP contribution in [0.4, 0.5) is 5.69 Å². The maximum Gasteiger partial charge on any atom is 0.248 e.